The highest BCUT2D eigenvalue weighted by Gasteiger charge is 2.18. The van der Waals surface area contributed by atoms with Crippen molar-refractivity contribution in [2.75, 3.05) is 0 Å². The van der Waals surface area contributed by atoms with Crippen molar-refractivity contribution < 1.29 is 8.78 Å². The Hall–Kier alpha value is -1.22. The van der Waals surface area contributed by atoms with Gasteiger partial charge in [-0.3, -0.25) is 0 Å². The van der Waals surface area contributed by atoms with Gasteiger partial charge in [-0.05, 0) is 54.2 Å². The van der Waals surface area contributed by atoms with Gasteiger partial charge in [-0.15, -0.1) is 0 Å². The summed E-state index contributed by atoms with van der Waals surface area (Å²) in [6.45, 7) is 0. The van der Waals surface area contributed by atoms with Crippen LogP contribution in [0, 0.1) is 11.6 Å². The summed E-state index contributed by atoms with van der Waals surface area (Å²) in [5, 5.41) is 0. The fraction of sp³-hybridized carbons (Fsp3) is 0.250. The van der Waals surface area contributed by atoms with Crippen molar-refractivity contribution in [2.45, 2.75) is 24.1 Å². The first-order valence-corrected chi connectivity index (χ1v) is 7.27. The van der Waals surface area contributed by atoms with Gasteiger partial charge in [0.2, 0.25) is 0 Å². The van der Waals surface area contributed by atoms with E-state index in [4.69, 9.17) is 0 Å². The van der Waals surface area contributed by atoms with Gasteiger partial charge in [0, 0.05) is 5.56 Å². The van der Waals surface area contributed by atoms with Crippen molar-refractivity contribution in [3.63, 3.8) is 0 Å². The lowest BCUT2D eigenvalue weighted by molar-refractivity contribution is 0.588. The number of fused-ring (bicyclic) bond motifs is 1. The Kier molecular flexibility index (Phi) is 3.40. The highest BCUT2D eigenvalue weighted by molar-refractivity contribution is 9.09. The maximum atomic E-state index is 13.8. The molecule has 19 heavy (non-hydrogen) atoms. The van der Waals surface area contributed by atoms with Gasteiger partial charge in [-0.1, -0.05) is 34.1 Å². The molecule has 0 saturated heterocycles. The smallest absolute Gasteiger partial charge is 0.128 e. The van der Waals surface area contributed by atoms with Crippen LogP contribution in [-0.2, 0) is 12.8 Å². The molecule has 1 atom stereocenters. The highest BCUT2D eigenvalue weighted by atomic mass is 79.9. The third-order valence-electron chi connectivity index (χ3n) is 3.65. The average molecular weight is 323 g/mol. The Morgan fingerprint density at radius 2 is 1.74 bits per heavy atom. The third-order valence-corrected chi connectivity index (χ3v) is 4.67. The van der Waals surface area contributed by atoms with Crippen LogP contribution < -0.4 is 0 Å². The number of benzene rings is 2. The van der Waals surface area contributed by atoms with Crippen LogP contribution in [0.5, 0.6) is 0 Å². The minimum absolute atomic E-state index is 0.311. The fourth-order valence-electron chi connectivity index (χ4n) is 2.64. The van der Waals surface area contributed by atoms with Gasteiger partial charge in [0.05, 0.1) is 4.83 Å². The second-order valence-corrected chi connectivity index (χ2v) is 5.83. The van der Waals surface area contributed by atoms with E-state index in [0.717, 1.165) is 24.5 Å². The quantitative estimate of drug-likeness (QED) is 0.687. The van der Waals surface area contributed by atoms with Gasteiger partial charge in [-0.2, -0.15) is 0 Å². The molecule has 1 aliphatic carbocycles. The maximum absolute atomic E-state index is 13.8. The summed E-state index contributed by atoms with van der Waals surface area (Å²) in [7, 11) is 0. The van der Waals surface area contributed by atoms with E-state index in [1.807, 2.05) is 6.07 Å². The van der Waals surface area contributed by atoms with Crippen molar-refractivity contribution in [3.8, 4) is 0 Å². The molecule has 2 aromatic rings. The Morgan fingerprint density at radius 3 is 2.58 bits per heavy atom. The minimum atomic E-state index is -0.415. The van der Waals surface area contributed by atoms with E-state index in [-0.39, 0.29) is 10.6 Å². The monoisotopic (exact) mass is 322 g/mol. The number of hydrogen-bond acceptors (Lipinski definition) is 0. The predicted octanol–water partition coefficient (Wildman–Crippen LogP) is 4.94. The number of halogens is 3. The molecule has 0 aromatic heterocycles. The summed E-state index contributed by atoms with van der Waals surface area (Å²) >= 11 is 3.48. The molecule has 0 nitrogen and oxygen atoms in total. The molecular weight excluding hydrogens is 310 g/mol. The Morgan fingerprint density at radius 1 is 0.947 bits per heavy atom. The van der Waals surface area contributed by atoms with Crippen LogP contribution in [0.4, 0.5) is 8.78 Å². The van der Waals surface area contributed by atoms with Crippen LogP contribution in [0.2, 0.25) is 0 Å². The molecule has 1 unspecified atom stereocenters. The summed E-state index contributed by atoms with van der Waals surface area (Å²) in [6.07, 6.45) is 3.38. The predicted molar refractivity (Wildman–Crippen MR) is 75.6 cm³/mol. The van der Waals surface area contributed by atoms with Crippen LogP contribution in [0.25, 0.3) is 0 Å². The molecule has 0 fully saturated rings. The molecule has 0 spiro atoms. The molecule has 98 valence electrons. The lowest BCUT2D eigenvalue weighted by atomic mass is 10.00. The van der Waals surface area contributed by atoms with E-state index >= 15 is 0 Å². The summed E-state index contributed by atoms with van der Waals surface area (Å²) in [5.41, 5.74) is 4.03. The van der Waals surface area contributed by atoms with Gasteiger partial charge < -0.3 is 0 Å². The average Bonchev–Trinajstić information content (AvgIpc) is 2.88. The standard InChI is InChI=1S/C16H13BrF2/c17-16(14-9-13(18)6-7-15(14)19)12-5-4-10-2-1-3-11(10)8-12/h4-9,16H,1-3H2. The van der Waals surface area contributed by atoms with Crippen molar-refractivity contribution in [1.29, 1.82) is 0 Å². The zero-order valence-electron chi connectivity index (χ0n) is 10.3. The first-order valence-electron chi connectivity index (χ1n) is 6.36. The van der Waals surface area contributed by atoms with E-state index in [9.17, 15) is 8.78 Å². The van der Waals surface area contributed by atoms with Gasteiger partial charge in [0.1, 0.15) is 11.6 Å². The molecule has 0 amide bonds. The van der Waals surface area contributed by atoms with Crippen LogP contribution >= 0.6 is 15.9 Å². The van der Waals surface area contributed by atoms with Crippen LogP contribution in [0.1, 0.15) is 33.5 Å². The molecule has 3 heteroatoms. The molecule has 0 aliphatic heterocycles. The molecule has 0 bridgehead atoms. The molecule has 0 heterocycles. The molecule has 0 radical (unpaired) electrons. The van der Waals surface area contributed by atoms with Gasteiger partial charge in [0.25, 0.3) is 0 Å². The molecule has 3 rings (SSSR count). The first-order chi connectivity index (χ1) is 9.15. The molecular formula is C16H13BrF2. The maximum Gasteiger partial charge on any atom is 0.128 e. The van der Waals surface area contributed by atoms with Crippen molar-refractivity contribution in [1.82, 2.24) is 0 Å². The number of hydrogen-bond donors (Lipinski definition) is 0. The van der Waals surface area contributed by atoms with Crippen LogP contribution in [-0.4, -0.2) is 0 Å². The lowest BCUT2D eigenvalue weighted by Gasteiger charge is -2.13. The van der Waals surface area contributed by atoms with E-state index < -0.39 is 5.82 Å². The van der Waals surface area contributed by atoms with Gasteiger partial charge >= 0.3 is 0 Å². The van der Waals surface area contributed by atoms with Crippen LogP contribution in [0.15, 0.2) is 36.4 Å². The first kappa shape index (κ1) is 12.8. The van der Waals surface area contributed by atoms with E-state index in [0.29, 0.717) is 5.56 Å². The molecule has 1 aliphatic rings. The minimum Gasteiger partial charge on any atom is -0.207 e. The Bertz CT molecular complexity index is 622. The molecule has 0 N–H and O–H groups in total. The van der Waals surface area contributed by atoms with Gasteiger partial charge in [0.15, 0.2) is 0 Å². The highest BCUT2D eigenvalue weighted by Crippen LogP contribution is 2.35. The number of rotatable bonds is 2. The number of alkyl halides is 1. The van der Waals surface area contributed by atoms with E-state index in [1.54, 1.807) is 0 Å². The summed E-state index contributed by atoms with van der Waals surface area (Å²) in [4.78, 5) is -0.311. The summed E-state index contributed by atoms with van der Waals surface area (Å²) in [5.74, 6) is -0.800. The van der Waals surface area contributed by atoms with Crippen molar-refractivity contribution >= 4 is 15.9 Å². The van der Waals surface area contributed by atoms with E-state index in [2.05, 4.69) is 28.1 Å². The van der Waals surface area contributed by atoms with Gasteiger partial charge in [-0.25, -0.2) is 8.78 Å². The third kappa shape index (κ3) is 2.44. The van der Waals surface area contributed by atoms with Crippen molar-refractivity contribution in [2.24, 2.45) is 0 Å². The normalized spacial score (nSPS) is 15.3. The largest absolute Gasteiger partial charge is 0.207 e. The zero-order valence-corrected chi connectivity index (χ0v) is 11.9. The Balaban J connectivity index is 1.99. The summed E-state index contributed by atoms with van der Waals surface area (Å²) in [6, 6.07) is 9.76. The summed E-state index contributed by atoms with van der Waals surface area (Å²) < 4.78 is 27.0. The zero-order chi connectivity index (χ0) is 13.4. The van der Waals surface area contributed by atoms with Crippen LogP contribution in [0.3, 0.4) is 0 Å². The Labute approximate surface area is 119 Å². The lowest BCUT2D eigenvalue weighted by Crippen LogP contribution is -1.99. The topological polar surface area (TPSA) is 0 Å². The SMILES string of the molecule is Fc1ccc(F)c(C(Br)c2ccc3c(c2)CCC3)c1. The van der Waals surface area contributed by atoms with E-state index in [1.165, 1.54) is 29.7 Å². The number of aryl methyl sites for hydroxylation is 2. The molecule has 2 aromatic carbocycles. The molecule has 0 saturated carbocycles. The fourth-order valence-corrected chi connectivity index (χ4v) is 3.27. The van der Waals surface area contributed by atoms with Crippen molar-refractivity contribution in [3.05, 3.63) is 70.3 Å². The second kappa shape index (κ2) is 5.04. The second-order valence-electron chi connectivity index (χ2n) is 4.91.